The lowest BCUT2D eigenvalue weighted by molar-refractivity contribution is -0.129. The minimum Gasteiger partial charge on any atom is -0.273 e. The SMILES string of the molecule is CC(C)CCC(=O)NNC(=O)CC(C)C. The monoisotopic (exact) mass is 214 g/mol. The Morgan fingerprint density at radius 1 is 0.933 bits per heavy atom. The third-order valence-electron chi connectivity index (χ3n) is 1.88. The van der Waals surface area contributed by atoms with Gasteiger partial charge in [-0.25, -0.2) is 0 Å². The van der Waals surface area contributed by atoms with E-state index in [0.717, 1.165) is 6.42 Å². The van der Waals surface area contributed by atoms with Gasteiger partial charge in [-0.05, 0) is 18.3 Å². The Labute approximate surface area is 91.8 Å². The second-order valence-corrected chi connectivity index (χ2v) is 4.63. The standard InChI is InChI=1S/C11H22N2O2/c1-8(2)5-6-10(14)12-13-11(15)7-9(3)4/h8-9H,5-7H2,1-4H3,(H,12,14)(H,13,15). The molecule has 2 amide bonds. The molecular weight excluding hydrogens is 192 g/mol. The van der Waals surface area contributed by atoms with Crippen molar-refractivity contribution in [2.24, 2.45) is 11.8 Å². The van der Waals surface area contributed by atoms with Gasteiger partial charge >= 0.3 is 0 Å². The van der Waals surface area contributed by atoms with Crippen LogP contribution in [-0.4, -0.2) is 11.8 Å². The Bertz CT molecular complexity index is 213. The van der Waals surface area contributed by atoms with E-state index in [1.165, 1.54) is 0 Å². The van der Waals surface area contributed by atoms with Gasteiger partial charge in [-0.3, -0.25) is 20.4 Å². The third-order valence-corrected chi connectivity index (χ3v) is 1.88. The maximum atomic E-state index is 11.2. The Hall–Kier alpha value is -1.06. The van der Waals surface area contributed by atoms with Gasteiger partial charge in [0.25, 0.3) is 0 Å². The minimum atomic E-state index is -0.136. The molecule has 0 unspecified atom stereocenters. The van der Waals surface area contributed by atoms with Crippen molar-refractivity contribution in [2.45, 2.75) is 47.0 Å². The maximum Gasteiger partial charge on any atom is 0.238 e. The second-order valence-electron chi connectivity index (χ2n) is 4.63. The van der Waals surface area contributed by atoms with Crippen LogP contribution in [0.1, 0.15) is 47.0 Å². The van der Waals surface area contributed by atoms with Crippen LogP contribution in [0.4, 0.5) is 0 Å². The average molecular weight is 214 g/mol. The van der Waals surface area contributed by atoms with Crippen molar-refractivity contribution in [1.82, 2.24) is 10.9 Å². The smallest absolute Gasteiger partial charge is 0.238 e. The Kier molecular flexibility index (Phi) is 6.75. The van der Waals surface area contributed by atoms with Crippen LogP contribution < -0.4 is 10.9 Å². The lowest BCUT2D eigenvalue weighted by Crippen LogP contribution is -2.41. The molecule has 0 rings (SSSR count). The van der Waals surface area contributed by atoms with Crippen molar-refractivity contribution >= 4 is 11.8 Å². The summed E-state index contributed by atoms with van der Waals surface area (Å²) in [6.07, 6.45) is 1.73. The van der Waals surface area contributed by atoms with Crippen LogP contribution in [0.15, 0.2) is 0 Å². The molecular formula is C11H22N2O2. The van der Waals surface area contributed by atoms with Gasteiger partial charge in [0.15, 0.2) is 0 Å². The molecule has 0 radical (unpaired) electrons. The number of nitrogens with one attached hydrogen (secondary N) is 2. The highest BCUT2D eigenvalue weighted by Crippen LogP contribution is 2.02. The van der Waals surface area contributed by atoms with Crippen molar-refractivity contribution < 1.29 is 9.59 Å². The molecule has 4 heteroatoms. The van der Waals surface area contributed by atoms with E-state index in [4.69, 9.17) is 0 Å². The summed E-state index contributed by atoms with van der Waals surface area (Å²) in [6, 6.07) is 0. The first-order valence-corrected chi connectivity index (χ1v) is 5.49. The lowest BCUT2D eigenvalue weighted by atomic mass is 10.1. The van der Waals surface area contributed by atoms with E-state index in [-0.39, 0.29) is 11.8 Å². The van der Waals surface area contributed by atoms with E-state index in [1.807, 2.05) is 13.8 Å². The van der Waals surface area contributed by atoms with Crippen molar-refractivity contribution in [3.8, 4) is 0 Å². The summed E-state index contributed by atoms with van der Waals surface area (Å²) >= 11 is 0. The van der Waals surface area contributed by atoms with Crippen LogP contribution in [0.25, 0.3) is 0 Å². The van der Waals surface area contributed by atoms with Crippen molar-refractivity contribution in [2.75, 3.05) is 0 Å². The third kappa shape index (κ3) is 9.25. The summed E-state index contributed by atoms with van der Waals surface area (Å²) in [5, 5.41) is 0. The molecule has 0 bridgehead atoms. The summed E-state index contributed by atoms with van der Waals surface area (Å²) in [6.45, 7) is 8.04. The molecule has 0 saturated heterocycles. The van der Waals surface area contributed by atoms with E-state index in [1.54, 1.807) is 0 Å². The Morgan fingerprint density at radius 2 is 1.47 bits per heavy atom. The number of hydrogen-bond donors (Lipinski definition) is 2. The van der Waals surface area contributed by atoms with Gasteiger partial charge < -0.3 is 0 Å². The van der Waals surface area contributed by atoms with Gasteiger partial charge in [0.05, 0.1) is 0 Å². The molecule has 0 heterocycles. The topological polar surface area (TPSA) is 58.2 Å². The molecule has 0 atom stereocenters. The Balaban J connectivity index is 3.58. The number of hydrogen-bond acceptors (Lipinski definition) is 2. The zero-order valence-electron chi connectivity index (χ0n) is 10.1. The van der Waals surface area contributed by atoms with E-state index in [0.29, 0.717) is 24.7 Å². The maximum absolute atomic E-state index is 11.2. The molecule has 0 aromatic carbocycles. The zero-order valence-corrected chi connectivity index (χ0v) is 10.1. The van der Waals surface area contributed by atoms with E-state index < -0.39 is 0 Å². The summed E-state index contributed by atoms with van der Waals surface area (Å²) in [5.41, 5.74) is 4.80. The fourth-order valence-electron chi connectivity index (χ4n) is 1.04. The van der Waals surface area contributed by atoms with Crippen LogP contribution in [0.2, 0.25) is 0 Å². The first-order chi connectivity index (χ1) is 6.91. The molecule has 0 aliphatic rings. The largest absolute Gasteiger partial charge is 0.273 e. The minimum absolute atomic E-state index is 0.124. The lowest BCUT2D eigenvalue weighted by Gasteiger charge is -2.09. The highest BCUT2D eigenvalue weighted by molar-refractivity contribution is 5.81. The van der Waals surface area contributed by atoms with Gasteiger partial charge in [0, 0.05) is 12.8 Å². The summed E-state index contributed by atoms with van der Waals surface area (Å²) in [5.74, 6) is 0.545. The number of hydrazine groups is 1. The van der Waals surface area contributed by atoms with Crippen LogP contribution in [0, 0.1) is 11.8 Å². The normalized spacial score (nSPS) is 10.5. The van der Waals surface area contributed by atoms with Gasteiger partial charge in [0.1, 0.15) is 0 Å². The highest BCUT2D eigenvalue weighted by Gasteiger charge is 2.06. The van der Waals surface area contributed by atoms with Crippen molar-refractivity contribution in [3.63, 3.8) is 0 Å². The van der Waals surface area contributed by atoms with Gasteiger partial charge in [-0.2, -0.15) is 0 Å². The molecule has 2 N–H and O–H groups in total. The fourth-order valence-corrected chi connectivity index (χ4v) is 1.04. The first-order valence-electron chi connectivity index (χ1n) is 5.49. The van der Waals surface area contributed by atoms with Crippen LogP contribution in [0.3, 0.4) is 0 Å². The number of rotatable bonds is 5. The summed E-state index contributed by atoms with van der Waals surface area (Å²) in [4.78, 5) is 22.4. The highest BCUT2D eigenvalue weighted by atomic mass is 16.2. The van der Waals surface area contributed by atoms with Crippen molar-refractivity contribution in [1.29, 1.82) is 0 Å². The van der Waals surface area contributed by atoms with Crippen LogP contribution in [0.5, 0.6) is 0 Å². The predicted octanol–water partition coefficient (Wildman–Crippen LogP) is 1.62. The number of amides is 2. The Morgan fingerprint density at radius 3 is 1.93 bits per heavy atom. The number of carbonyl (C=O) groups is 2. The first kappa shape index (κ1) is 13.9. The quantitative estimate of drug-likeness (QED) is 0.683. The van der Waals surface area contributed by atoms with Crippen LogP contribution >= 0.6 is 0 Å². The number of carbonyl (C=O) groups excluding carboxylic acids is 2. The van der Waals surface area contributed by atoms with Crippen molar-refractivity contribution in [3.05, 3.63) is 0 Å². The van der Waals surface area contributed by atoms with E-state index >= 15 is 0 Å². The molecule has 0 aliphatic heterocycles. The van der Waals surface area contributed by atoms with E-state index in [9.17, 15) is 9.59 Å². The van der Waals surface area contributed by atoms with E-state index in [2.05, 4.69) is 24.7 Å². The molecule has 0 spiro atoms. The fraction of sp³-hybridized carbons (Fsp3) is 0.818. The molecule has 0 aromatic rings. The molecule has 0 aliphatic carbocycles. The molecule has 0 aromatic heterocycles. The van der Waals surface area contributed by atoms with Gasteiger partial charge in [-0.15, -0.1) is 0 Å². The molecule has 88 valence electrons. The predicted molar refractivity (Wildman–Crippen MR) is 59.8 cm³/mol. The summed E-state index contributed by atoms with van der Waals surface area (Å²) in [7, 11) is 0. The van der Waals surface area contributed by atoms with Gasteiger partial charge in [-0.1, -0.05) is 27.7 Å². The second kappa shape index (κ2) is 7.26. The summed E-state index contributed by atoms with van der Waals surface area (Å²) < 4.78 is 0. The van der Waals surface area contributed by atoms with Crippen LogP contribution in [-0.2, 0) is 9.59 Å². The molecule has 4 nitrogen and oxygen atoms in total. The zero-order chi connectivity index (χ0) is 11.8. The van der Waals surface area contributed by atoms with Gasteiger partial charge in [0.2, 0.25) is 11.8 Å². The molecule has 15 heavy (non-hydrogen) atoms. The average Bonchev–Trinajstić information content (AvgIpc) is 2.10. The molecule has 0 fully saturated rings. The molecule has 0 saturated carbocycles.